The molecule has 0 saturated carbocycles. The summed E-state index contributed by atoms with van der Waals surface area (Å²) in [5.74, 6) is -0.417. The second-order valence-electron chi connectivity index (χ2n) is 6.97. The monoisotopic (exact) mass is 392 g/mol. The standard InChI is InChI=1S/C21H20N4O4/c1-29-15-8-6-14(7-9-15)25-12-13(10-19(25)26)20(27)22-11-18-16-4-2-3-5-17(16)21(28)24-23-18/h2-9,13,18H,10-12H2,1H3,(H,22,27). The number of amides is 3. The molecule has 2 aliphatic rings. The van der Waals surface area contributed by atoms with Crippen molar-refractivity contribution < 1.29 is 19.1 Å². The van der Waals surface area contributed by atoms with Crippen LogP contribution in [0.3, 0.4) is 0 Å². The first-order valence-electron chi connectivity index (χ1n) is 9.33. The quantitative estimate of drug-likeness (QED) is 0.845. The zero-order chi connectivity index (χ0) is 20.4. The van der Waals surface area contributed by atoms with Crippen molar-refractivity contribution in [2.24, 2.45) is 16.1 Å². The molecule has 8 heteroatoms. The molecule has 0 aliphatic carbocycles. The highest BCUT2D eigenvalue weighted by molar-refractivity contribution is 6.00. The summed E-state index contributed by atoms with van der Waals surface area (Å²) >= 11 is 0. The molecule has 1 saturated heterocycles. The minimum atomic E-state index is -0.443. The average molecular weight is 392 g/mol. The molecule has 1 N–H and O–H groups in total. The summed E-state index contributed by atoms with van der Waals surface area (Å²) in [6.07, 6.45) is 0.152. The Bertz CT molecular complexity index is 986. The topological polar surface area (TPSA) is 100 Å². The van der Waals surface area contributed by atoms with Crippen molar-refractivity contribution in [1.29, 1.82) is 0 Å². The summed E-state index contributed by atoms with van der Waals surface area (Å²) in [4.78, 5) is 38.5. The van der Waals surface area contributed by atoms with Gasteiger partial charge in [-0.1, -0.05) is 18.2 Å². The molecule has 148 valence electrons. The Kier molecular flexibility index (Phi) is 5.07. The third kappa shape index (κ3) is 3.73. The molecule has 2 aromatic rings. The van der Waals surface area contributed by atoms with Gasteiger partial charge in [0.25, 0.3) is 5.91 Å². The number of carbonyl (C=O) groups excluding carboxylic acids is 3. The SMILES string of the molecule is COc1ccc(N2CC(C(=O)NCC3N=NC(=O)c4ccccc43)CC2=O)cc1. The van der Waals surface area contributed by atoms with Gasteiger partial charge < -0.3 is 15.0 Å². The predicted molar refractivity (Wildman–Crippen MR) is 105 cm³/mol. The van der Waals surface area contributed by atoms with Gasteiger partial charge in [-0.25, -0.2) is 0 Å². The molecule has 29 heavy (non-hydrogen) atoms. The van der Waals surface area contributed by atoms with Crippen molar-refractivity contribution in [3.05, 3.63) is 59.7 Å². The minimum Gasteiger partial charge on any atom is -0.497 e. The minimum absolute atomic E-state index is 0.0939. The van der Waals surface area contributed by atoms with Crippen LogP contribution < -0.4 is 15.0 Å². The molecule has 2 atom stereocenters. The van der Waals surface area contributed by atoms with E-state index in [2.05, 4.69) is 15.5 Å². The molecule has 2 aromatic carbocycles. The fourth-order valence-electron chi connectivity index (χ4n) is 3.61. The lowest BCUT2D eigenvalue weighted by atomic mass is 9.99. The third-order valence-electron chi connectivity index (χ3n) is 5.19. The van der Waals surface area contributed by atoms with Crippen LogP contribution in [0.4, 0.5) is 5.69 Å². The maximum absolute atomic E-state index is 12.6. The fraction of sp³-hybridized carbons (Fsp3) is 0.286. The van der Waals surface area contributed by atoms with Gasteiger partial charge in [-0.05, 0) is 35.9 Å². The molecule has 2 unspecified atom stereocenters. The number of rotatable bonds is 5. The maximum Gasteiger partial charge on any atom is 0.295 e. The van der Waals surface area contributed by atoms with E-state index < -0.39 is 12.0 Å². The van der Waals surface area contributed by atoms with Crippen LogP contribution in [0.15, 0.2) is 58.8 Å². The molecule has 8 nitrogen and oxygen atoms in total. The van der Waals surface area contributed by atoms with Crippen molar-refractivity contribution in [3.63, 3.8) is 0 Å². The van der Waals surface area contributed by atoms with Crippen LogP contribution in [0.2, 0.25) is 0 Å². The molecular weight excluding hydrogens is 372 g/mol. The fourth-order valence-corrected chi connectivity index (χ4v) is 3.61. The van der Waals surface area contributed by atoms with Gasteiger partial charge in [0.1, 0.15) is 11.8 Å². The molecule has 3 amide bonds. The summed E-state index contributed by atoms with van der Waals surface area (Å²) in [6.45, 7) is 0.540. The van der Waals surface area contributed by atoms with E-state index in [1.54, 1.807) is 48.4 Å². The average Bonchev–Trinajstić information content (AvgIpc) is 3.15. The van der Waals surface area contributed by atoms with E-state index in [9.17, 15) is 14.4 Å². The number of nitrogens with one attached hydrogen (secondary N) is 1. The van der Waals surface area contributed by atoms with Crippen LogP contribution >= 0.6 is 0 Å². The van der Waals surface area contributed by atoms with Crippen molar-refractivity contribution in [1.82, 2.24) is 5.32 Å². The summed E-state index contributed by atoms with van der Waals surface area (Å²) in [5.41, 5.74) is 1.98. The third-order valence-corrected chi connectivity index (χ3v) is 5.19. The highest BCUT2D eigenvalue weighted by atomic mass is 16.5. The first kappa shape index (κ1) is 18.8. The second kappa shape index (κ2) is 7.83. The lowest BCUT2D eigenvalue weighted by molar-refractivity contribution is -0.126. The predicted octanol–water partition coefficient (Wildman–Crippen LogP) is 2.51. The van der Waals surface area contributed by atoms with Gasteiger partial charge in [-0.2, -0.15) is 5.11 Å². The number of hydrogen-bond donors (Lipinski definition) is 1. The second-order valence-corrected chi connectivity index (χ2v) is 6.97. The van der Waals surface area contributed by atoms with Gasteiger partial charge in [-0.15, -0.1) is 5.11 Å². The Morgan fingerprint density at radius 1 is 1.17 bits per heavy atom. The van der Waals surface area contributed by atoms with Gasteiger partial charge >= 0.3 is 0 Å². The normalized spacial score (nSPS) is 20.5. The number of ether oxygens (including phenoxy) is 1. The van der Waals surface area contributed by atoms with Crippen LogP contribution in [-0.2, 0) is 9.59 Å². The lowest BCUT2D eigenvalue weighted by Gasteiger charge is -2.20. The summed E-state index contributed by atoms with van der Waals surface area (Å²) in [7, 11) is 1.58. The Morgan fingerprint density at radius 3 is 2.69 bits per heavy atom. The number of fused-ring (bicyclic) bond motifs is 1. The van der Waals surface area contributed by atoms with E-state index in [1.807, 2.05) is 12.1 Å². The van der Waals surface area contributed by atoms with Crippen LogP contribution in [0.25, 0.3) is 0 Å². The van der Waals surface area contributed by atoms with E-state index in [1.165, 1.54) is 0 Å². The summed E-state index contributed by atoms with van der Waals surface area (Å²) in [5, 5.41) is 10.5. The van der Waals surface area contributed by atoms with Gasteiger partial charge in [0.2, 0.25) is 11.8 Å². The molecule has 0 radical (unpaired) electrons. The Hall–Kier alpha value is -3.55. The van der Waals surface area contributed by atoms with Crippen molar-refractivity contribution >= 4 is 23.4 Å². The first-order chi connectivity index (χ1) is 14.1. The van der Waals surface area contributed by atoms with Gasteiger partial charge in [0.15, 0.2) is 0 Å². The van der Waals surface area contributed by atoms with Gasteiger partial charge in [0, 0.05) is 30.8 Å². The zero-order valence-corrected chi connectivity index (χ0v) is 15.9. The highest BCUT2D eigenvalue weighted by Gasteiger charge is 2.35. The van der Waals surface area contributed by atoms with Crippen LogP contribution in [0.5, 0.6) is 5.75 Å². The van der Waals surface area contributed by atoms with E-state index in [0.717, 1.165) is 11.3 Å². The molecule has 0 bridgehead atoms. The van der Waals surface area contributed by atoms with Crippen LogP contribution in [0, 0.1) is 5.92 Å². The Morgan fingerprint density at radius 2 is 1.93 bits per heavy atom. The maximum atomic E-state index is 12.6. The molecular formula is C21H20N4O4. The van der Waals surface area contributed by atoms with E-state index in [0.29, 0.717) is 17.9 Å². The Labute approximate surface area is 167 Å². The largest absolute Gasteiger partial charge is 0.497 e. The smallest absolute Gasteiger partial charge is 0.295 e. The Balaban J connectivity index is 1.39. The summed E-state index contributed by atoms with van der Waals surface area (Å²) in [6, 6.07) is 13.9. The number of nitrogens with zero attached hydrogens (tertiary/aromatic N) is 3. The van der Waals surface area contributed by atoms with E-state index in [4.69, 9.17) is 4.74 Å². The number of carbonyl (C=O) groups is 3. The molecule has 2 aliphatic heterocycles. The first-order valence-corrected chi connectivity index (χ1v) is 9.33. The molecule has 0 aromatic heterocycles. The van der Waals surface area contributed by atoms with E-state index in [-0.39, 0.29) is 30.7 Å². The molecule has 1 fully saturated rings. The van der Waals surface area contributed by atoms with Crippen molar-refractivity contribution in [3.8, 4) is 5.75 Å². The van der Waals surface area contributed by atoms with Crippen molar-refractivity contribution in [2.45, 2.75) is 12.5 Å². The number of benzene rings is 2. The lowest BCUT2D eigenvalue weighted by Crippen LogP contribution is -2.35. The van der Waals surface area contributed by atoms with Crippen molar-refractivity contribution in [2.75, 3.05) is 25.1 Å². The number of hydrogen-bond acceptors (Lipinski definition) is 5. The molecule has 0 spiro atoms. The van der Waals surface area contributed by atoms with Crippen LogP contribution in [0.1, 0.15) is 28.4 Å². The van der Waals surface area contributed by atoms with E-state index >= 15 is 0 Å². The number of anilines is 1. The highest BCUT2D eigenvalue weighted by Crippen LogP contribution is 2.28. The zero-order valence-electron chi connectivity index (χ0n) is 15.9. The number of azo groups is 1. The summed E-state index contributed by atoms with van der Waals surface area (Å²) < 4.78 is 5.13. The van der Waals surface area contributed by atoms with Gasteiger partial charge in [0.05, 0.1) is 13.0 Å². The number of methoxy groups -OCH3 is 1. The van der Waals surface area contributed by atoms with Gasteiger partial charge in [-0.3, -0.25) is 14.4 Å². The molecule has 4 rings (SSSR count). The molecule has 2 heterocycles. The van der Waals surface area contributed by atoms with Crippen LogP contribution in [-0.4, -0.2) is 37.9 Å².